The Bertz CT molecular complexity index is 5030. The first-order valence-corrected chi connectivity index (χ1v) is 27.9. The topological polar surface area (TPSA) is 62.4 Å². The summed E-state index contributed by atoms with van der Waals surface area (Å²) in [7, 11) is 0. The Morgan fingerprint density at radius 2 is 0.718 bits per heavy atom. The lowest BCUT2D eigenvalue weighted by atomic mass is 9.77. The van der Waals surface area contributed by atoms with E-state index in [0.717, 1.165) is 93.8 Å². The van der Waals surface area contributed by atoms with Crippen LogP contribution < -0.4 is 0 Å². The van der Waals surface area contributed by atoms with Crippen LogP contribution in [0.15, 0.2) is 224 Å². The summed E-state index contributed by atoms with van der Waals surface area (Å²) in [5.41, 5.74) is 12.9. The van der Waals surface area contributed by atoms with Crippen molar-refractivity contribution in [1.29, 1.82) is 10.5 Å². The van der Waals surface area contributed by atoms with Crippen LogP contribution in [-0.2, 0) is 5.54 Å². The van der Waals surface area contributed by atoms with Crippen molar-refractivity contribution in [3.8, 4) is 45.8 Å². The minimum atomic E-state index is -0.908. The Morgan fingerprint density at radius 3 is 1.17 bits per heavy atom. The molecule has 0 amide bonds. The van der Waals surface area contributed by atoms with Gasteiger partial charge in [0.05, 0.1) is 62.2 Å². The lowest BCUT2D eigenvalue weighted by molar-refractivity contribution is 0.467. The summed E-state index contributed by atoms with van der Waals surface area (Å²) < 4.78 is 12.4. The third-order valence-electron chi connectivity index (χ3n) is 16.5. The SMILES string of the molecule is CC(C)(c1c(-c2ccccc2C#N)c(-n2c3ccccc3c3c4c(ccc32)sc2ccccc24)cc(-n2c3ccccc3c3c4c(ccc32)sc2ccccc24)c1-c1ccccc1C#N)n1c2ccccc2c2ccccc21. The molecule has 0 saturated heterocycles. The van der Waals surface area contributed by atoms with Gasteiger partial charge in [-0.15, -0.1) is 22.7 Å². The largest absolute Gasteiger partial charge is 0.331 e. The highest BCUT2D eigenvalue weighted by atomic mass is 32.1. The molecular weight excluding hydrogens is 987 g/mol. The van der Waals surface area contributed by atoms with Crippen molar-refractivity contribution in [2.24, 2.45) is 0 Å². The van der Waals surface area contributed by atoms with Gasteiger partial charge < -0.3 is 13.7 Å². The van der Waals surface area contributed by atoms with Gasteiger partial charge in [-0.3, -0.25) is 0 Å². The van der Waals surface area contributed by atoms with Crippen molar-refractivity contribution in [3.63, 3.8) is 0 Å². The summed E-state index contributed by atoms with van der Waals surface area (Å²) >= 11 is 3.66. The quantitative estimate of drug-likeness (QED) is 0.167. The molecule has 0 aliphatic carbocycles. The second-order valence-electron chi connectivity index (χ2n) is 20.9. The van der Waals surface area contributed by atoms with E-state index in [2.05, 4.69) is 240 Å². The van der Waals surface area contributed by atoms with Gasteiger partial charge >= 0.3 is 0 Å². The van der Waals surface area contributed by atoms with Crippen molar-refractivity contribution in [2.75, 3.05) is 0 Å². The smallest absolute Gasteiger partial charge is 0.0998 e. The lowest BCUT2D eigenvalue weighted by Gasteiger charge is -2.37. The Morgan fingerprint density at radius 1 is 0.346 bits per heavy atom. The van der Waals surface area contributed by atoms with Gasteiger partial charge in [-0.05, 0) is 98.3 Å². The van der Waals surface area contributed by atoms with Crippen LogP contribution in [0, 0.1) is 22.7 Å². The number of hydrogen-bond donors (Lipinski definition) is 0. The van der Waals surface area contributed by atoms with Crippen molar-refractivity contribution in [3.05, 3.63) is 241 Å². The van der Waals surface area contributed by atoms with E-state index in [-0.39, 0.29) is 0 Å². The number of fused-ring (bicyclic) bond motifs is 17. The fourth-order valence-corrected chi connectivity index (χ4v) is 15.7. The molecule has 0 radical (unpaired) electrons. The van der Waals surface area contributed by atoms with Crippen LogP contribution in [0.25, 0.3) is 139 Å². The molecule has 0 fully saturated rings. The van der Waals surface area contributed by atoms with E-state index in [4.69, 9.17) is 0 Å². The van der Waals surface area contributed by atoms with Gasteiger partial charge in [-0.1, -0.05) is 146 Å². The molecular formula is C71H43N5S2. The molecule has 364 valence electrons. The Balaban J connectivity index is 1.20. The first-order chi connectivity index (χ1) is 38.4. The maximum Gasteiger partial charge on any atom is 0.0998 e. The van der Waals surface area contributed by atoms with Crippen molar-refractivity contribution in [1.82, 2.24) is 13.7 Å². The number of aromatic nitrogens is 3. The van der Waals surface area contributed by atoms with Crippen molar-refractivity contribution < 1.29 is 0 Å². The number of nitriles is 2. The summed E-state index contributed by atoms with van der Waals surface area (Å²) in [5, 5.41) is 34.8. The van der Waals surface area contributed by atoms with E-state index in [1.165, 1.54) is 51.1 Å². The highest BCUT2D eigenvalue weighted by molar-refractivity contribution is 7.26. The van der Waals surface area contributed by atoms with Crippen LogP contribution in [0.2, 0.25) is 0 Å². The highest BCUT2D eigenvalue weighted by Gasteiger charge is 2.38. The maximum absolute atomic E-state index is 11.4. The summed E-state index contributed by atoms with van der Waals surface area (Å²) in [6, 6.07) is 85.8. The van der Waals surface area contributed by atoms with E-state index in [1.807, 2.05) is 46.9 Å². The molecule has 7 heteroatoms. The Labute approximate surface area is 456 Å². The molecule has 5 nitrogen and oxygen atoms in total. The third-order valence-corrected chi connectivity index (χ3v) is 18.8. The number of nitrogens with zero attached hydrogens (tertiary/aromatic N) is 5. The minimum absolute atomic E-state index is 0.556. The molecule has 0 N–H and O–H groups in total. The van der Waals surface area contributed by atoms with Crippen LogP contribution in [0.1, 0.15) is 30.5 Å². The van der Waals surface area contributed by atoms with Gasteiger partial charge in [0.2, 0.25) is 0 Å². The summed E-state index contributed by atoms with van der Waals surface area (Å²) in [6.45, 7) is 4.68. The molecule has 0 bridgehead atoms. The maximum atomic E-state index is 11.4. The van der Waals surface area contributed by atoms with E-state index < -0.39 is 5.54 Å². The monoisotopic (exact) mass is 1030 g/mol. The van der Waals surface area contributed by atoms with E-state index in [0.29, 0.717) is 11.1 Å². The molecule has 0 unspecified atom stereocenters. The number of para-hydroxylation sites is 4. The molecule has 0 saturated carbocycles. The molecule has 0 atom stereocenters. The first kappa shape index (κ1) is 44.5. The van der Waals surface area contributed by atoms with Crippen molar-refractivity contribution >= 4 is 128 Å². The van der Waals surface area contributed by atoms with Gasteiger partial charge in [0.15, 0.2) is 0 Å². The average Bonchev–Trinajstić information content (AvgIpc) is 4.48. The normalized spacial score (nSPS) is 12.2. The zero-order valence-electron chi connectivity index (χ0n) is 42.4. The zero-order valence-corrected chi connectivity index (χ0v) is 44.0. The Hall–Kier alpha value is -9.76. The highest BCUT2D eigenvalue weighted by Crippen LogP contribution is 2.54. The zero-order chi connectivity index (χ0) is 52.0. The van der Waals surface area contributed by atoms with Gasteiger partial charge in [-0.2, -0.15) is 10.5 Å². The van der Waals surface area contributed by atoms with Gasteiger partial charge in [0, 0.05) is 106 Å². The van der Waals surface area contributed by atoms with Crippen LogP contribution >= 0.6 is 22.7 Å². The van der Waals surface area contributed by atoms with E-state index in [1.54, 1.807) is 0 Å². The number of thiophene rings is 2. The molecule has 78 heavy (non-hydrogen) atoms. The Kier molecular flexibility index (Phi) is 9.49. The van der Waals surface area contributed by atoms with Crippen LogP contribution in [0.3, 0.4) is 0 Å². The van der Waals surface area contributed by atoms with Crippen LogP contribution in [-0.4, -0.2) is 13.7 Å². The first-order valence-electron chi connectivity index (χ1n) is 26.3. The second-order valence-corrected chi connectivity index (χ2v) is 23.0. The molecule has 5 heterocycles. The van der Waals surface area contributed by atoms with Gasteiger partial charge in [-0.25, -0.2) is 0 Å². The predicted molar refractivity (Wildman–Crippen MR) is 329 cm³/mol. The third kappa shape index (κ3) is 6.03. The molecule has 11 aromatic carbocycles. The number of hydrogen-bond acceptors (Lipinski definition) is 4. The molecule has 16 rings (SSSR count). The summed E-state index contributed by atoms with van der Waals surface area (Å²) in [5.74, 6) is 0. The number of benzene rings is 11. The van der Waals surface area contributed by atoms with E-state index >= 15 is 0 Å². The van der Waals surface area contributed by atoms with Crippen molar-refractivity contribution in [2.45, 2.75) is 19.4 Å². The standard InChI is InChI=1S/C71H43N5S2/c1-71(2,76-54-31-15-7-23-46(54)47-24-8-16-32-55(47)76)70-66(44-21-5-3-19-42(44)40-72)58(74-52-29-13-9-25-48(52)64-56(74)35-37-62-68(64)50-27-11-17-33-60(50)77-62)39-59(67(70)45-22-6-4-20-43(45)41-73)75-53-30-14-10-26-49(53)65-57(75)36-38-63-69(65)51-28-12-18-34-61(51)78-63/h3-39H,1-2H3. The molecule has 0 aliphatic rings. The van der Waals surface area contributed by atoms with Crippen LogP contribution in [0.5, 0.6) is 0 Å². The summed E-state index contributed by atoms with van der Waals surface area (Å²) in [6.07, 6.45) is 0. The minimum Gasteiger partial charge on any atom is -0.331 e. The molecule has 5 aromatic heterocycles. The van der Waals surface area contributed by atoms with Crippen LogP contribution in [0.4, 0.5) is 0 Å². The van der Waals surface area contributed by atoms with Gasteiger partial charge in [0.1, 0.15) is 0 Å². The predicted octanol–water partition coefficient (Wildman–Crippen LogP) is 19.6. The molecule has 0 spiro atoms. The lowest BCUT2D eigenvalue weighted by Crippen LogP contribution is -2.30. The summed E-state index contributed by atoms with van der Waals surface area (Å²) in [4.78, 5) is 0. The number of rotatable bonds is 6. The molecule has 16 aromatic rings. The second kappa shape index (κ2) is 16.6. The van der Waals surface area contributed by atoms with Gasteiger partial charge in [0.25, 0.3) is 0 Å². The van der Waals surface area contributed by atoms with E-state index in [9.17, 15) is 10.5 Å². The molecule has 0 aliphatic heterocycles. The fraction of sp³-hybridized carbons (Fsp3) is 0.0423. The fourth-order valence-electron chi connectivity index (χ4n) is 13.5. The average molecular weight is 1030 g/mol.